The fourth-order valence-corrected chi connectivity index (χ4v) is 6.90. The SMILES string of the molecule is CN1C(N)=N[C@@](C)(c2nc(NC(=O)c3ccc(OC(F)F)cn3)cs2)[C@H](C2CC2)S1(O)O. The number of hydrogen-bond acceptors (Lipinski definition) is 10. The smallest absolute Gasteiger partial charge is 0.387 e. The third-order valence-corrected chi connectivity index (χ3v) is 8.98. The molecular formula is C18H22F2N6O4S2. The number of carbonyl (C=O) groups is 1. The van der Waals surface area contributed by atoms with Crippen LogP contribution >= 0.6 is 22.1 Å². The topological polar surface area (TPSA) is 146 Å². The Balaban J connectivity index is 1.56. The Morgan fingerprint density at radius 2 is 2.16 bits per heavy atom. The zero-order valence-corrected chi connectivity index (χ0v) is 18.7. The molecule has 1 saturated carbocycles. The van der Waals surface area contributed by atoms with Crippen molar-refractivity contribution in [3.63, 3.8) is 0 Å². The lowest BCUT2D eigenvalue weighted by Crippen LogP contribution is -2.54. The first kappa shape index (κ1) is 22.6. The summed E-state index contributed by atoms with van der Waals surface area (Å²) in [7, 11) is -1.73. The van der Waals surface area contributed by atoms with Gasteiger partial charge in [-0.25, -0.2) is 19.3 Å². The zero-order chi connectivity index (χ0) is 23.3. The van der Waals surface area contributed by atoms with Crippen LogP contribution in [-0.2, 0) is 5.54 Å². The summed E-state index contributed by atoms with van der Waals surface area (Å²) >= 11 is 1.21. The number of rotatable bonds is 6. The molecule has 10 nitrogen and oxygen atoms in total. The number of halogens is 2. The molecule has 14 heteroatoms. The Bertz CT molecular complexity index is 1050. The fourth-order valence-electron chi connectivity index (χ4n) is 3.70. The van der Waals surface area contributed by atoms with E-state index in [0.717, 1.165) is 19.0 Å². The molecule has 0 aromatic carbocycles. The van der Waals surface area contributed by atoms with Gasteiger partial charge >= 0.3 is 6.61 Å². The maximum atomic E-state index is 12.5. The third kappa shape index (κ3) is 4.10. The minimum Gasteiger partial charge on any atom is -0.433 e. The molecule has 2 aliphatic rings. The van der Waals surface area contributed by atoms with Gasteiger partial charge in [0.05, 0.1) is 6.20 Å². The lowest BCUT2D eigenvalue weighted by molar-refractivity contribution is -0.0500. The number of amides is 1. The zero-order valence-electron chi connectivity index (χ0n) is 17.1. The van der Waals surface area contributed by atoms with E-state index in [9.17, 15) is 22.7 Å². The van der Waals surface area contributed by atoms with Gasteiger partial charge in [-0.15, -0.1) is 22.1 Å². The molecule has 0 unspecified atom stereocenters. The second kappa shape index (κ2) is 8.10. The van der Waals surface area contributed by atoms with Gasteiger partial charge in [0, 0.05) is 12.4 Å². The number of alkyl halides is 2. The molecule has 4 rings (SSSR count). The lowest BCUT2D eigenvalue weighted by atomic mass is 9.95. The molecule has 32 heavy (non-hydrogen) atoms. The number of anilines is 1. The Hall–Kier alpha value is -2.55. The van der Waals surface area contributed by atoms with E-state index in [4.69, 9.17) is 5.73 Å². The number of hydrogen-bond donors (Lipinski definition) is 4. The highest BCUT2D eigenvalue weighted by Gasteiger charge is 2.57. The van der Waals surface area contributed by atoms with Gasteiger partial charge in [0.2, 0.25) is 5.96 Å². The summed E-state index contributed by atoms with van der Waals surface area (Å²) in [6.45, 7) is -1.22. The van der Waals surface area contributed by atoms with Gasteiger partial charge in [0.15, 0.2) is 0 Å². The first-order valence-electron chi connectivity index (χ1n) is 9.57. The molecule has 5 N–H and O–H groups in total. The number of carbonyl (C=O) groups excluding carboxylic acids is 1. The number of nitrogens with one attached hydrogen (secondary N) is 1. The van der Waals surface area contributed by atoms with Gasteiger partial charge in [-0.2, -0.15) is 8.78 Å². The highest BCUT2D eigenvalue weighted by atomic mass is 32.3. The van der Waals surface area contributed by atoms with E-state index in [-0.39, 0.29) is 29.1 Å². The van der Waals surface area contributed by atoms with Crippen molar-refractivity contribution in [3.8, 4) is 5.75 Å². The highest BCUT2D eigenvalue weighted by Crippen LogP contribution is 2.64. The van der Waals surface area contributed by atoms with Crippen molar-refractivity contribution >= 4 is 39.8 Å². The predicted octanol–water partition coefficient (Wildman–Crippen LogP) is 3.31. The number of guanidine groups is 1. The molecule has 2 aromatic heterocycles. The summed E-state index contributed by atoms with van der Waals surface area (Å²) in [6.07, 6.45) is 2.73. The molecule has 3 heterocycles. The van der Waals surface area contributed by atoms with Crippen LogP contribution in [0.2, 0.25) is 0 Å². The molecule has 1 aliphatic heterocycles. The molecule has 174 valence electrons. The van der Waals surface area contributed by atoms with Crippen LogP contribution in [0.1, 0.15) is 35.3 Å². The quantitative estimate of drug-likeness (QED) is 0.484. The summed E-state index contributed by atoms with van der Waals surface area (Å²) in [5.74, 6) is -0.456. The molecule has 0 spiro atoms. The van der Waals surface area contributed by atoms with Crippen LogP contribution in [0.4, 0.5) is 14.6 Å². The second-order valence-electron chi connectivity index (χ2n) is 7.68. The summed E-state index contributed by atoms with van der Waals surface area (Å²) in [5.41, 5.74) is 4.89. The van der Waals surface area contributed by atoms with E-state index in [1.165, 1.54) is 34.8 Å². The van der Waals surface area contributed by atoms with Crippen LogP contribution in [0.25, 0.3) is 0 Å². The van der Waals surface area contributed by atoms with Crippen LogP contribution in [-0.4, -0.2) is 54.2 Å². The Kier molecular flexibility index (Phi) is 5.73. The van der Waals surface area contributed by atoms with Gasteiger partial charge in [-0.3, -0.25) is 13.9 Å². The first-order valence-corrected chi connectivity index (χ1v) is 12.0. The van der Waals surface area contributed by atoms with E-state index in [1.807, 2.05) is 0 Å². The van der Waals surface area contributed by atoms with Crippen LogP contribution in [0.15, 0.2) is 28.7 Å². The van der Waals surface area contributed by atoms with Crippen molar-refractivity contribution in [2.75, 3.05) is 12.4 Å². The monoisotopic (exact) mass is 488 g/mol. The number of nitrogens with zero attached hydrogens (tertiary/aromatic N) is 4. The number of pyridine rings is 1. The molecule has 1 amide bonds. The lowest BCUT2D eigenvalue weighted by Gasteiger charge is -2.54. The second-order valence-corrected chi connectivity index (χ2v) is 10.7. The van der Waals surface area contributed by atoms with Gasteiger partial charge < -0.3 is 15.8 Å². The van der Waals surface area contributed by atoms with Crippen LogP contribution < -0.4 is 15.8 Å². The maximum absolute atomic E-state index is 12.5. The van der Waals surface area contributed by atoms with E-state index >= 15 is 0 Å². The third-order valence-electron chi connectivity index (χ3n) is 5.39. The van der Waals surface area contributed by atoms with Gasteiger partial charge in [0.25, 0.3) is 5.91 Å². The van der Waals surface area contributed by atoms with Gasteiger partial charge in [0.1, 0.15) is 33.1 Å². The fraction of sp³-hybridized carbons (Fsp3) is 0.444. The molecule has 2 aromatic rings. The van der Waals surface area contributed by atoms with Crippen molar-refractivity contribution < 1.29 is 27.4 Å². The van der Waals surface area contributed by atoms with Crippen molar-refractivity contribution in [2.24, 2.45) is 16.6 Å². The van der Waals surface area contributed by atoms with Crippen LogP contribution in [0.3, 0.4) is 0 Å². The summed E-state index contributed by atoms with van der Waals surface area (Å²) in [5, 5.41) is 4.09. The summed E-state index contributed by atoms with van der Waals surface area (Å²) in [6, 6.07) is 2.46. The van der Waals surface area contributed by atoms with Crippen molar-refractivity contribution in [1.82, 2.24) is 14.3 Å². The normalized spacial score (nSPS) is 25.9. The first-order chi connectivity index (χ1) is 15.0. The van der Waals surface area contributed by atoms with Gasteiger partial charge in [-0.05, 0) is 37.8 Å². The molecular weight excluding hydrogens is 466 g/mol. The number of aliphatic imine (C=N–C) groups is 1. The Morgan fingerprint density at radius 1 is 1.44 bits per heavy atom. The van der Waals surface area contributed by atoms with Crippen LogP contribution in [0, 0.1) is 5.92 Å². The average molecular weight is 489 g/mol. The average Bonchev–Trinajstić information content (AvgIpc) is 3.41. The Labute approximate surface area is 188 Å². The molecule has 1 fully saturated rings. The van der Waals surface area contributed by atoms with Crippen molar-refractivity contribution in [3.05, 3.63) is 34.4 Å². The number of thiazole rings is 1. The van der Waals surface area contributed by atoms with E-state index < -0.39 is 34.1 Å². The van der Waals surface area contributed by atoms with E-state index in [0.29, 0.717) is 5.01 Å². The Morgan fingerprint density at radius 3 is 2.75 bits per heavy atom. The van der Waals surface area contributed by atoms with E-state index in [1.54, 1.807) is 12.3 Å². The minimum absolute atomic E-state index is 0.000455. The van der Waals surface area contributed by atoms with Crippen molar-refractivity contribution in [2.45, 2.75) is 37.2 Å². The summed E-state index contributed by atoms with van der Waals surface area (Å²) < 4.78 is 51.7. The molecule has 2 atom stereocenters. The molecule has 0 saturated heterocycles. The van der Waals surface area contributed by atoms with Gasteiger partial charge in [-0.1, -0.05) is 0 Å². The van der Waals surface area contributed by atoms with Crippen LogP contribution in [0.5, 0.6) is 5.75 Å². The van der Waals surface area contributed by atoms with Crippen molar-refractivity contribution in [1.29, 1.82) is 0 Å². The molecule has 0 radical (unpaired) electrons. The predicted molar refractivity (Wildman–Crippen MR) is 117 cm³/mol. The minimum atomic E-state index is -3.23. The largest absolute Gasteiger partial charge is 0.433 e. The number of nitrogens with two attached hydrogens (primary N) is 1. The number of aromatic nitrogens is 2. The molecule has 1 aliphatic carbocycles. The number of ether oxygens (including phenoxy) is 1. The maximum Gasteiger partial charge on any atom is 0.387 e. The summed E-state index contributed by atoms with van der Waals surface area (Å²) in [4.78, 5) is 25.3. The molecule has 0 bridgehead atoms. The standard InChI is InChI=1S/C18H22F2N6O4S2/c1-18(13(9-3-4-9)32(28,29)26(2)17(21)25-18)15-24-12(8-31-15)23-14(27)11-6-5-10(7-22-11)30-16(19)20/h5-9,13,16,28-29H,3-4H2,1-2H3,(H2,21,25)(H,23,27)/t13-,18+/m0/s1. The van der Waals surface area contributed by atoms with E-state index in [2.05, 4.69) is 25.0 Å². The highest BCUT2D eigenvalue weighted by molar-refractivity contribution is 8.23.